The number of hydrogen-bond donors (Lipinski definition) is 2. The van der Waals surface area contributed by atoms with Gasteiger partial charge >= 0.3 is 11.9 Å². The Morgan fingerprint density at radius 2 is 1.33 bits per heavy atom. The van der Waals surface area contributed by atoms with E-state index in [0.717, 1.165) is 16.5 Å². The minimum absolute atomic E-state index is 0.247. The zero-order valence-corrected chi connectivity index (χ0v) is 19.5. The zero-order valence-electron chi connectivity index (χ0n) is 19.5. The molecule has 0 fully saturated rings. The quantitative estimate of drug-likeness (QED) is 0.232. The van der Waals surface area contributed by atoms with Gasteiger partial charge in [0.2, 0.25) is 0 Å². The molecule has 0 bridgehead atoms. The lowest BCUT2D eigenvalue weighted by atomic mass is 10.1. The van der Waals surface area contributed by atoms with Gasteiger partial charge in [0.25, 0.3) is 5.91 Å². The molecular formula is C27H22N4O5. The fourth-order valence-corrected chi connectivity index (χ4v) is 3.43. The van der Waals surface area contributed by atoms with Gasteiger partial charge in [-0.05, 0) is 41.5 Å². The average molecular weight is 482 g/mol. The lowest BCUT2D eigenvalue weighted by Gasteiger charge is -2.01. The number of ether oxygens (including phenoxy) is 2. The van der Waals surface area contributed by atoms with Crippen molar-refractivity contribution in [2.24, 2.45) is 10.1 Å². The fourth-order valence-electron chi connectivity index (χ4n) is 3.43. The van der Waals surface area contributed by atoms with Gasteiger partial charge in [0, 0.05) is 17.1 Å². The molecular weight excluding hydrogens is 460 g/mol. The molecule has 0 spiro atoms. The molecule has 9 heteroatoms. The number of fused-ring (bicyclic) bond motifs is 1. The Morgan fingerprint density at radius 1 is 0.778 bits per heavy atom. The summed E-state index contributed by atoms with van der Waals surface area (Å²) < 4.78 is 9.39. The highest BCUT2D eigenvalue weighted by Crippen LogP contribution is 2.30. The zero-order chi connectivity index (χ0) is 25.5. The second-order valence-electron chi connectivity index (χ2n) is 7.58. The van der Waals surface area contributed by atoms with Crippen molar-refractivity contribution in [2.45, 2.75) is 0 Å². The van der Waals surface area contributed by atoms with Crippen LogP contribution in [0.2, 0.25) is 0 Å². The fraction of sp³-hybridized carbons (Fsp3) is 0.0741. The summed E-state index contributed by atoms with van der Waals surface area (Å²) in [6.07, 6.45) is 3.08. The highest BCUT2D eigenvalue weighted by Gasteiger charge is 2.17. The topological polar surface area (TPSA) is 122 Å². The van der Waals surface area contributed by atoms with Gasteiger partial charge in [-0.25, -0.2) is 15.0 Å². The summed E-state index contributed by atoms with van der Waals surface area (Å²) in [5.41, 5.74) is 6.23. The molecule has 0 aliphatic heterocycles. The largest absolute Gasteiger partial charge is 0.465 e. The number of hydrazone groups is 1. The summed E-state index contributed by atoms with van der Waals surface area (Å²) in [5, 5.41) is 4.79. The van der Waals surface area contributed by atoms with Crippen molar-refractivity contribution in [1.29, 1.82) is 0 Å². The molecule has 0 saturated heterocycles. The van der Waals surface area contributed by atoms with Crippen LogP contribution in [-0.2, 0) is 9.47 Å². The maximum Gasteiger partial charge on any atom is 0.337 e. The Morgan fingerprint density at radius 3 is 1.92 bits per heavy atom. The van der Waals surface area contributed by atoms with E-state index in [0.29, 0.717) is 22.4 Å². The molecule has 0 atom stereocenters. The van der Waals surface area contributed by atoms with Gasteiger partial charge in [0.15, 0.2) is 0 Å². The second-order valence-corrected chi connectivity index (χ2v) is 7.58. The van der Waals surface area contributed by atoms with E-state index in [9.17, 15) is 14.4 Å². The average Bonchev–Trinajstić information content (AvgIpc) is 3.30. The molecule has 9 nitrogen and oxygen atoms in total. The first-order chi connectivity index (χ1) is 17.5. The summed E-state index contributed by atoms with van der Waals surface area (Å²) in [5.74, 6) is -1.33. The number of amides is 1. The highest BCUT2D eigenvalue weighted by atomic mass is 16.5. The van der Waals surface area contributed by atoms with E-state index in [1.165, 1.54) is 20.4 Å². The molecule has 4 aromatic rings. The number of nitrogens with zero attached hydrogens (tertiary/aromatic N) is 2. The molecule has 1 aromatic heterocycles. The Hall–Kier alpha value is -5.05. The number of aromatic amines is 1. The lowest BCUT2D eigenvalue weighted by Crippen LogP contribution is -2.18. The standard InChI is InChI=1S/C27H22N4O5/c1-35-26(33)19-11-7-17(8-12-19)15-28-23-21-5-3-4-6-22(21)30-24(23)25(32)31-29-16-18-9-13-20(14-10-18)27(34)36-2/h3-16,30H,1-2H3,(H,31,32)/b28-15?,29-16+. The van der Waals surface area contributed by atoms with E-state index in [1.54, 1.807) is 54.7 Å². The van der Waals surface area contributed by atoms with Crippen LogP contribution in [-0.4, -0.2) is 49.5 Å². The Labute approximate surface area is 206 Å². The van der Waals surface area contributed by atoms with E-state index in [1.807, 2.05) is 24.3 Å². The maximum atomic E-state index is 12.9. The normalized spacial score (nSPS) is 11.2. The van der Waals surface area contributed by atoms with Crippen LogP contribution in [0.15, 0.2) is 82.9 Å². The molecule has 0 unspecified atom stereocenters. The van der Waals surface area contributed by atoms with E-state index in [2.05, 4.69) is 25.2 Å². The molecule has 0 saturated carbocycles. The van der Waals surface area contributed by atoms with Gasteiger partial charge in [-0.3, -0.25) is 9.79 Å². The van der Waals surface area contributed by atoms with Crippen LogP contribution in [0.3, 0.4) is 0 Å². The van der Waals surface area contributed by atoms with Crippen molar-refractivity contribution in [2.75, 3.05) is 14.2 Å². The molecule has 1 amide bonds. The summed E-state index contributed by atoms with van der Waals surface area (Å²) in [7, 11) is 2.64. The second kappa shape index (κ2) is 10.9. The SMILES string of the molecule is COC(=O)c1ccc(C=Nc2c(C(=O)N/N=C/c3ccc(C(=O)OC)cc3)[nH]c3ccccc23)cc1. The van der Waals surface area contributed by atoms with Crippen LogP contribution in [0, 0.1) is 0 Å². The van der Waals surface area contributed by atoms with Crippen LogP contribution >= 0.6 is 0 Å². The number of hydrogen-bond acceptors (Lipinski definition) is 7. The third kappa shape index (κ3) is 5.36. The molecule has 0 aliphatic rings. The summed E-state index contributed by atoms with van der Waals surface area (Å²) in [6, 6.07) is 20.8. The molecule has 1 heterocycles. The van der Waals surface area contributed by atoms with Crippen LogP contribution in [0.25, 0.3) is 10.9 Å². The van der Waals surface area contributed by atoms with Crippen molar-refractivity contribution in [1.82, 2.24) is 10.4 Å². The lowest BCUT2D eigenvalue weighted by molar-refractivity contribution is 0.0592. The van der Waals surface area contributed by atoms with Crippen molar-refractivity contribution in [3.8, 4) is 0 Å². The van der Waals surface area contributed by atoms with Crippen LogP contribution in [0.4, 0.5) is 5.69 Å². The molecule has 3 aromatic carbocycles. The van der Waals surface area contributed by atoms with Gasteiger partial charge < -0.3 is 14.5 Å². The van der Waals surface area contributed by atoms with Gasteiger partial charge in [0.05, 0.1) is 31.6 Å². The van der Waals surface area contributed by atoms with E-state index >= 15 is 0 Å². The van der Waals surface area contributed by atoms with E-state index < -0.39 is 17.8 Å². The van der Waals surface area contributed by atoms with Gasteiger partial charge in [-0.15, -0.1) is 0 Å². The number of methoxy groups -OCH3 is 2. The highest BCUT2D eigenvalue weighted by molar-refractivity contribution is 6.08. The molecule has 36 heavy (non-hydrogen) atoms. The molecule has 0 aliphatic carbocycles. The number of carbonyl (C=O) groups is 3. The smallest absolute Gasteiger partial charge is 0.337 e. The van der Waals surface area contributed by atoms with E-state index in [4.69, 9.17) is 4.74 Å². The van der Waals surface area contributed by atoms with Crippen LogP contribution < -0.4 is 5.43 Å². The predicted octanol–water partition coefficient (Wildman–Crippen LogP) is 4.26. The van der Waals surface area contributed by atoms with Gasteiger partial charge in [-0.1, -0.05) is 42.5 Å². The van der Waals surface area contributed by atoms with Gasteiger partial charge in [-0.2, -0.15) is 5.10 Å². The molecule has 2 N–H and O–H groups in total. The number of para-hydroxylation sites is 1. The van der Waals surface area contributed by atoms with Crippen molar-refractivity contribution in [3.05, 3.63) is 101 Å². The number of esters is 2. The van der Waals surface area contributed by atoms with Crippen LogP contribution in [0.1, 0.15) is 42.3 Å². The number of nitrogens with one attached hydrogen (secondary N) is 2. The molecule has 180 valence electrons. The van der Waals surface area contributed by atoms with Crippen molar-refractivity contribution < 1.29 is 23.9 Å². The number of carbonyl (C=O) groups excluding carboxylic acids is 3. The minimum atomic E-state index is -0.471. The van der Waals surface area contributed by atoms with Crippen molar-refractivity contribution >= 4 is 46.9 Å². The summed E-state index contributed by atoms with van der Waals surface area (Å²) >= 11 is 0. The first-order valence-electron chi connectivity index (χ1n) is 10.8. The third-order valence-electron chi connectivity index (χ3n) is 5.29. The first-order valence-corrected chi connectivity index (χ1v) is 10.8. The summed E-state index contributed by atoms with van der Waals surface area (Å²) in [4.78, 5) is 43.8. The Balaban J connectivity index is 1.54. The molecule has 4 rings (SSSR count). The van der Waals surface area contributed by atoms with Crippen molar-refractivity contribution in [3.63, 3.8) is 0 Å². The number of benzene rings is 3. The molecule has 0 radical (unpaired) electrons. The number of aliphatic imine (C=N–C) groups is 1. The Kier molecular flexibility index (Phi) is 7.30. The predicted molar refractivity (Wildman–Crippen MR) is 136 cm³/mol. The first kappa shape index (κ1) is 24.1. The third-order valence-corrected chi connectivity index (χ3v) is 5.29. The Bertz CT molecular complexity index is 1470. The van der Waals surface area contributed by atoms with Crippen LogP contribution in [0.5, 0.6) is 0 Å². The monoisotopic (exact) mass is 482 g/mol. The summed E-state index contributed by atoms with van der Waals surface area (Å²) in [6.45, 7) is 0. The van der Waals surface area contributed by atoms with Gasteiger partial charge in [0.1, 0.15) is 11.4 Å². The number of H-pyrrole nitrogens is 1. The number of aromatic nitrogens is 1. The maximum absolute atomic E-state index is 12.9. The minimum Gasteiger partial charge on any atom is -0.465 e. The number of rotatable bonds is 7. The van der Waals surface area contributed by atoms with E-state index in [-0.39, 0.29) is 5.69 Å².